The minimum absolute atomic E-state index is 0.0650. The summed E-state index contributed by atoms with van der Waals surface area (Å²) >= 11 is 0. The molecule has 14 heavy (non-hydrogen) atoms. The molecular weight excluding hydrogens is 176 g/mol. The fraction of sp³-hybridized carbons (Fsp3) is 0.273. The van der Waals surface area contributed by atoms with Crippen LogP contribution in [0.2, 0.25) is 0 Å². The van der Waals surface area contributed by atoms with Crippen molar-refractivity contribution in [1.82, 2.24) is 0 Å². The van der Waals surface area contributed by atoms with E-state index in [-0.39, 0.29) is 11.3 Å². The summed E-state index contributed by atoms with van der Waals surface area (Å²) < 4.78 is 0. The van der Waals surface area contributed by atoms with Crippen LogP contribution in [0.3, 0.4) is 0 Å². The van der Waals surface area contributed by atoms with Crippen LogP contribution in [0.5, 0.6) is 0 Å². The summed E-state index contributed by atoms with van der Waals surface area (Å²) in [6, 6.07) is 7.60. The van der Waals surface area contributed by atoms with E-state index in [0.717, 1.165) is 24.1 Å². The van der Waals surface area contributed by atoms with Crippen LogP contribution in [0.25, 0.3) is 0 Å². The summed E-state index contributed by atoms with van der Waals surface area (Å²) in [6.45, 7) is 0. The normalized spacial score (nSPS) is 20.1. The van der Waals surface area contributed by atoms with Crippen molar-refractivity contribution < 1.29 is 4.79 Å². The maximum Gasteiger partial charge on any atom is 0.235 e. The van der Waals surface area contributed by atoms with Gasteiger partial charge in [-0.15, -0.1) is 0 Å². The minimum Gasteiger partial charge on any atom is -0.325 e. The van der Waals surface area contributed by atoms with Crippen LogP contribution in [0.15, 0.2) is 18.2 Å². The number of fused-ring (bicyclic) bond motifs is 2. The fourth-order valence-electron chi connectivity index (χ4n) is 2.22. The summed E-state index contributed by atoms with van der Waals surface area (Å²) in [6.07, 6.45) is 1.76. The molecular formula is C11H8N2O. The van der Waals surface area contributed by atoms with Crippen molar-refractivity contribution >= 4 is 11.6 Å². The molecule has 3 nitrogen and oxygen atoms in total. The molecule has 1 aliphatic heterocycles. The van der Waals surface area contributed by atoms with Crippen LogP contribution in [0.1, 0.15) is 24.0 Å². The lowest BCUT2D eigenvalue weighted by Crippen LogP contribution is -2.18. The molecule has 0 atom stereocenters. The van der Waals surface area contributed by atoms with E-state index in [2.05, 4.69) is 11.4 Å². The number of rotatable bonds is 0. The van der Waals surface area contributed by atoms with E-state index in [1.807, 2.05) is 6.07 Å². The Morgan fingerprint density at radius 2 is 2.21 bits per heavy atom. The van der Waals surface area contributed by atoms with Gasteiger partial charge in [0, 0.05) is 11.3 Å². The highest BCUT2D eigenvalue weighted by Gasteiger charge is 2.57. The van der Waals surface area contributed by atoms with Gasteiger partial charge >= 0.3 is 0 Å². The zero-order valence-electron chi connectivity index (χ0n) is 7.50. The predicted molar refractivity (Wildman–Crippen MR) is 50.7 cm³/mol. The molecule has 3 rings (SSSR count). The third kappa shape index (κ3) is 0.693. The van der Waals surface area contributed by atoms with E-state index >= 15 is 0 Å². The molecule has 0 bridgehead atoms. The van der Waals surface area contributed by atoms with Crippen LogP contribution in [-0.2, 0) is 10.2 Å². The Hall–Kier alpha value is -1.82. The molecule has 1 N–H and O–H groups in total. The monoisotopic (exact) mass is 184 g/mol. The molecule has 1 aliphatic carbocycles. The second-order valence-electron chi connectivity index (χ2n) is 3.88. The molecule has 2 aliphatic rings. The molecule has 68 valence electrons. The molecule has 1 heterocycles. The molecule has 0 saturated heterocycles. The van der Waals surface area contributed by atoms with Gasteiger partial charge in [0.25, 0.3) is 0 Å². The van der Waals surface area contributed by atoms with Gasteiger partial charge in [-0.25, -0.2) is 0 Å². The Morgan fingerprint density at radius 3 is 2.86 bits per heavy atom. The van der Waals surface area contributed by atoms with Crippen LogP contribution >= 0.6 is 0 Å². The summed E-state index contributed by atoms with van der Waals surface area (Å²) in [4.78, 5) is 11.7. The van der Waals surface area contributed by atoms with Crippen molar-refractivity contribution in [1.29, 1.82) is 5.26 Å². The molecule has 1 spiro atoms. The Labute approximate surface area is 81.3 Å². The number of nitriles is 1. The maximum absolute atomic E-state index is 11.7. The summed E-state index contributed by atoms with van der Waals surface area (Å²) in [5.74, 6) is 0.0650. The zero-order valence-corrected chi connectivity index (χ0v) is 7.50. The molecule has 3 heteroatoms. The second kappa shape index (κ2) is 2.16. The molecule has 0 unspecified atom stereocenters. The largest absolute Gasteiger partial charge is 0.325 e. The van der Waals surface area contributed by atoms with Gasteiger partial charge in [-0.1, -0.05) is 6.07 Å². The van der Waals surface area contributed by atoms with Crippen molar-refractivity contribution in [2.24, 2.45) is 0 Å². The molecule has 1 aromatic rings. The fourth-order valence-corrected chi connectivity index (χ4v) is 2.22. The van der Waals surface area contributed by atoms with Gasteiger partial charge in [-0.05, 0) is 25.0 Å². The van der Waals surface area contributed by atoms with E-state index in [1.54, 1.807) is 12.1 Å². The van der Waals surface area contributed by atoms with E-state index in [9.17, 15) is 4.79 Å². The highest BCUT2D eigenvalue weighted by molar-refractivity contribution is 6.09. The second-order valence-corrected chi connectivity index (χ2v) is 3.88. The number of carbonyl (C=O) groups excluding carboxylic acids is 1. The number of nitrogens with one attached hydrogen (secondary N) is 1. The van der Waals surface area contributed by atoms with Crippen molar-refractivity contribution in [2.45, 2.75) is 18.3 Å². The first-order valence-electron chi connectivity index (χ1n) is 4.63. The van der Waals surface area contributed by atoms with Gasteiger partial charge in [0.05, 0.1) is 17.0 Å². The molecule has 0 radical (unpaired) electrons. The first-order valence-corrected chi connectivity index (χ1v) is 4.63. The highest BCUT2D eigenvalue weighted by Crippen LogP contribution is 2.56. The van der Waals surface area contributed by atoms with Crippen molar-refractivity contribution in [2.75, 3.05) is 5.32 Å². The van der Waals surface area contributed by atoms with Crippen molar-refractivity contribution in [3.8, 4) is 6.07 Å². The summed E-state index contributed by atoms with van der Waals surface area (Å²) in [7, 11) is 0. The third-order valence-electron chi connectivity index (χ3n) is 3.10. The van der Waals surface area contributed by atoms with Gasteiger partial charge in [-0.2, -0.15) is 5.26 Å². The summed E-state index contributed by atoms with van der Waals surface area (Å²) in [5, 5.41) is 11.8. The smallest absolute Gasteiger partial charge is 0.235 e. The standard InChI is InChI=1S/C11H8N2O/c12-6-7-2-1-3-8-9(7)11(4-5-11)10(14)13-8/h1-3H,4-5H2,(H,13,14). The lowest BCUT2D eigenvalue weighted by molar-refractivity contribution is -0.117. The van der Waals surface area contributed by atoms with Gasteiger partial charge < -0.3 is 5.32 Å². The van der Waals surface area contributed by atoms with Crippen LogP contribution in [-0.4, -0.2) is 5.91 Å². The average Bonchev–Trinajstić information content (AvgIpc) is 2.92. The molecule has 0 aromatic heterocycles. The topological polar surface area (TPSA) is 52.9 Å². The quantitative estimate of drug-likeness (QED) is 0.665. The van der Waals surface area contributed by atoms with Gasteiger partial charge in [0.15, 0.2) is 0 Å². The van der Waals surface area contributed by atoms with E-state index in [4.69, 9.17) is 5.26 Å². The van der Waals surface area contributed by atoms with E-state index < -0.39 is 0 Å². The molecule has 1 amide bonds. The highest BCUT2D eigenvalue weighted by atomic mass is 16.2. The first kappa shape index (κ1) is 7.57. The Balaban J connectivity index is 2.31. The number of amides is 1. The third-order valence-corrected chi connectivity index (χ3v) is 3.10. The van der Waals surface area contributed by atoms with Gasteiger partial charge in [0.1, 0.15) is 0 Å². The zero-order chi connectivity index (χ0) is 9.76. The SMILES string of the molecule is N#Cc1cccc2c1C1(CC1)C(=O)N2. The molecule has 1 fully saturated rings. The number of carbonyl (C=O) groups is 1. The Kier molecular flexibility index (Phi) is 1.17. The van der Waals surface area contributed by atoms with Crippen molar-refractivity contribution in [3.05, 3.63) is 29.3 Å². The maximum atomic E-state index is 11.7. The van der Waals surface area contributed by atoms with Gasteiger partial charge in [-0.3, -0.25) is 4.79 Å². The average molecular weight is 184 g/mol. The number of hydrogen-bond donors (Lipinski definition) is 1. The summed E-state index contributed by atoms with van der Waals surface area (Å²) in [5.41, 5.74) is 2.04. The number of anilines is 1. The van der Waals surface area contributed by atoms with Gasteiger partial charge in [0.2, 0.25) is 5.91 Å². The Bertz CT molecular complexity index is 481. The number of nitrogens with zero attached hydrogens (tertiary/aromatic N) is 1. The van der Waals surface area contributed by atoms with Crippen LogP contribution < -0.4 is 5.32 Å². The predicted octanol–water partition coefficient (Wildman–Crippen LogP) is 1.54. The van der Waals surface area contributed by atoms with Crippen LogP contribution in [0, 0.1) is 11.3 Å². The number of benzene rings is 1. The van der Waals surface area contributed by atoms with E-state index in [1.165, 1.54) is 0 Å². The minimum atomic E-state index is -0.346. The molecule has 1 aromatic carbocycles. The number of hydrogen-bond acceptors (Lipinski definition) is 2. The molecule has 1 saturated carbocycles. The van der Waals surface area contributed by atoms with Crippen molar-refractivity contribution in [3.63, 3.8) is 0 Å². The lowest BCUT2D eigenvalue weighted by atomic mass is 9.93. The first-order chi connectivity index (χ1) is 6.78. The Morgan fingerprint density at radius 1 is 1.43 bits per heavy atom. The van der Waals surface area contributed by atoms with Crippen LogP contribution in [0.4, 0.5) is 5.69 Å². The lowest BCUT2D eigenvalue weighted by Gasteiger charge is -2.05. The van der Waals surface area contributed by atoms with E-state index in [0.29, 0.717) is 5.56 Å².